The number of carbonyl (C=O) groups excluding carboxylic acids is 1. The first-order chi connectivity index (χ1) is 7.76. The molecule has 4 nitrogen and oxygen atoms in total. The molecule has 0 bridgehead atoms. The zero-order valence-electron chi connectivity index (χ0n) is 8.70. The Morgan fingerprint density at radius 1 is 1.56 bits per heavy atom. The average Bonchev–Trinajstić information content (AvgIpc) is 2.71. The molecule has 5 heteroatoms. The zero-order chi connectivity index (χ0) is 11.5. The molecule has 0 aliphatic rings. The minimum absolute atomic E-state index is 0.178. The number of oxazole rings is 1. The van der Waals surface area contributed by atoms with Crippen LogP contribution in [-0.2, 0) is 10.6 Å². The molecule has 0 spiro atoms. The number of fused-ring (bicyclic) bond motifs is 1. The number of para-hydroxylation sites is 1. The van der Waals surface area contributed by atoms with Crippen molar-refractivity contribution in [1.29, 1.82) is 0 Å². The van der Waals surface area contributed by atoms with Gasteiger partial charge in [-0.05, 0) is 19.1 Å². The highest BCUT2D eigenvalue weighted by Gasteiger charge is 2.15. The van der Waals surface area contributed by atoms with Crippen LogP contribution >= 0.6 is 11.6 Å². The number of alkyl halides is 1. The summed E-state index contributed by atoms with van der Waals surface area (Å²) in [5.41, 5.74) is 1.42. The number of halogens is 1. The second-order valence-electron chi connectivity index (χ2n) is 3.12. The third-order valence-corrected chi connectivity index (χ3v) is 2.30. The lowest BCUT2D eigenvalue weighted by Gasteiger charge is -2.00. The first-order valence-corrected chi connectivity index (χ1v) is 5.41. The zero-order valence-corrected chi connectivity index (χ0v) is 9.45. The molecule has 0 saturated carbocycles. The molecule has 0 N–H and O–H groups in total. The van der Waals surface area contributed by atoms with Gasteiger partial charge in [0, 0.05) is 0 Å². The normalized spacial score (nSPS) is 10.6. The molecule has 1 aromatic carbocycles. The standard InChI is InChI=1S/C11H10ClNO3/c1-2-15-11(14)7-4-3-5-8-10(7)16-9(6-12)13-8/h3-5H,2,6H2,1H3. The third kappa shape index (κ3) is 1.88. The van der Waals surface area contributed by atoms with Crippen molar-refractivity contribution >= 4 is 28.7 Å². The largest absolute Gasteiger partial charge is 0.462 e. The van der Waals surface area contributed by atoms with Crippen molar-refractivity contribution in [2.45, 2.75) is 12.8 Å². The molecule has 0 amide bonds. The van der Waals surface area contributed by atoms with Crippen molar-refractivity contribution in [2.75, 3.05) is 6.61 Å². The van der Waals surface area contributed by atoms with E-state index < -0.39 is 5.97 Å². The van der Waals surface area contributed by atoms with Crippen LogP contribution in [0, 0.1) is 0 Å². The minimum Gasteiger partial charge on any atom is -0.462 e. The van der Waals surface area contributed by atoms with Crippen LogP contribution in [0.2, 0.25) is 0 Å². The van der Waals surface area contributed by atoms with E-state index in [0.717, 1.165) is 0 Å². The van der Waals surface area contributed by atoms with Crippen LogP contribution in [0.5, 0.6) is 0 Å². The van der Waals surface area contributed by atoms with E-state index in [2.05, 4.69) is 4.98 Å². The Morgan fingerprint density at radius 3 is 3.06 bits per heavy atom. The summed E-state index contributed by atoms with van der Waals surface area (Å²) in [4.78, 5) is 15.7. The van der Waals surface area contributed by atoms with Gasteiger partial charge in [0.15, 0.2) is 5.58 Å². The predicted octanol–water partition coefficient (Wildman–Crippen LogP) is 2.74. The van der Waals surface area contributed by atoms with Crippen LogP contribution in [0.1, 0.15) is 23.2 Å². The van der Waals surface area contributed by atoms with Gasteiger partial charge < -0.3 is 9.15 Å². The summed E-state index contributed by atoms with van der Waals surface area (Å²) in [5, 5.41) is 0. The predicted molar refractivity (Wildman–Crippen MR) is 59.5 cm³/mol. The molecule has 0 atom stereocenters. The van der Waals surface area contributed by atoms with Crippen molar-refractivity contribution < 1.29 is 13.9 Å². The molecule has 2 aromatic rings. The molecule has 0 radical (unpaired) electrons. The summed E-state index contributed by atoms with van der Waals surface area (Å²) in [6, 6.07) is 5.14. The highest BCUT2D eigenvalue weighted by Crippen LogP contribution is 2.21. The molecular weight excluding hydrogens is 230 g/mol. The van der Waals surface area contributed by atoms with Gasteiger partial charge in [0.1, 0.15) is 11.1 Å². The van der Waals surface area contributed by atoms with Gasteiger partial charge in [-0.15, -0.1) is 11.6 Å². The highest BCUT2D eigenvalue weighted by molar-refractivity contribution is 6.16. The number of rotatable bonds is 3. The SMILES string of the molecule is CCOC(=O)c1cccc2nc(CCl)oc12. The van der Waals surface area contributed by atoms with E-state index in [1.54, 1.807) is 25.1 Å². The van der Waals surface area contributed by atoms with E-state index in [1.165, 1.54) is 0 Å². The van der Waals surface area contributed by atoms with Crippen LogP contribution < -0.4 is 0 Å². The molecule has 0 fully saturated rings. The second-order valence-corrected chi connectivity index (χ2v) is 3.38. The summed E-state index contributed by atoms with van der Waals surface area (Å²) in [7, 11) is 0. The Labute approximate surface area is 97.2 Å². The van der Waals surface area contributed by atoms with Crippen LogP contribution in [0.4, 0.5) is 0 Å². The van der Waals surface area contributed by atoms with Gasteiger partial charge in [-0.3, -0.25) is 0 Å². The number of nitrogens with zero attached hydrogens (tertiary/aromatic N) is 1. The smallest absolute Gasteiger partial charge is 0.342 e. The lowest BCUT2D eigenvalue weighted by molar-refractivity contribution is 0.0527. The molecule has 0 unspecified atom stereocenters. The number of aromatic nitrogens is 1. The highest BCUT2D eigenvalue weighted by atomic mass is 35.5. The molecule has 1 heterocycles. The molecule has 2 rings (SSSR count). The summed E-state index contributed by atoms with van der Waals surface area (Å²) in [5.74, 6) is 0.163. The van der Waals surface area contributed by atoms with E-state index >= 15 is 0 Å². The summed E-state index contributed by atoms with van der Waals surface area (Å²) in [6.07, 6.45) is 0. The number of benzene rings is 1. The van der Waals surface area contributed by atoms with E-state index in [1.807, 2.05) is 0 Å². The van der Waals surface area contributed by atoms with E-state index in [4.69, 9.17) is 20.8 Å². The van der Waals surface area contributed by atoms with E-state index in [9.17, 15) is 4.79 Å². The number of hydrogen-bond acceptors (Lipinski definition) is 4. The number of carbonyl (C=O) groups is 1. The van der Waals surface area contributed by atoms with E-state index in [0.29, 0.717) is 29.2 Å². The van der Waals surface area contributed by atoms with Gasteiger partial charge in [0.05, 0.1) is 12.5 Å². The van der Waals surface area contributed by atoms with Crippen LogP contribution in [0.3, 0.4) is 0 Å². The second kappa shape index (κ2) is 4.53. The molecular formula is C11H10ClNO3. The lowest BCUT2D eigenvalue weighted by atomic mass is 10.2. The maximum absolute atomic E-state index is 11.6. The Morgan fingerprint density at radius 2 is 2.38 bits per heavy atom. The Bertz CT molecular complexity index is 521. The molecule has 84 valence electrons. The maximum Gasteiger partial charge on any atom is 0.342 e. The third-order valence-electron chi connectivity index (χ3n) is 2.07. The van der Waals surface area contributed by atoms with Gasteiger partial charge in [-0.25, -0.2) is 9.78 Å². The Kier molecular flexibility index (Phi) is 3.10. The van der Waals surface area contributed by atoms with Gasteiger partial charge in [0.2, 0.25) is 5.89 Å². The topological polar surface area (TPSA) is 52.3 Å². The fourth-order valence-corrected chi connectivity index (χ4v) is 1.54. The first-order valence-electron chi connectivity index (χ1n) is 4.87. The first kappa shape index (κ1) is 11.0. The lowest BCUT2D eigenvalue weighted by Crippen LogP contribution is -2.04. The van der Waals surface area contributed by atoms with Gasteiger partial charge in [-0.1, -0.05) is 6.07 Å². The Hall–Kier alpha value is -1.55. The van der Waals surface area contributed by atoms with E-state index in [-0.39, 0.29) is 5.88 Å². The average molecular weight is 240 g/mol. The van der Waals surface area contributed by atoms with Crippen LogP contribution in [0.25, 0.3) is 11.1 Å². The van der Waals surface area contributed by atoms with Crippen molar-refractivity contribution in [3.05, 3.63) is 29.7 Å². The minimum atomic E-state index is -0.412. The quantitative estimate of drug-likeness (QED) is 0.611. The molecule has 0 aliphatic carbocycles. The van der Waals surface area contributed by atoms with Crippen LogP contribution in [-0.4, -0.2) is 17.6 Å². The van der Waals surface area contributed by atoms with Gasteiger partial charge in [0.25, 0.3) is 0 Å². The van der Waals surface area contributed by atoms with Crippen molar-refractivity contribution in [3.8, 4) is 0 Å². The molecule has 0 saturated heterocycles. The maximum atomic E-state index is 11.6. The summed E-state index contributed by atoms with van der Waals surface area (Å²) >= 11 is 5.62. The number of ether oxygens (including phenoxy) is 1. The monoisotopic (exact) mass is 239 g/mol. The van der Waals surface area contributed by atoms with Gasteiger partial charge in [-0.2, -0.15) is 0 Å². The molecule has 16 heavy (non-hydrogen) atoms. The fraction of sp³-hybridized carbons (Fsp3) is 0.273. The summed E-state index contributed by atoms with van der Waals surface area (Å²) < 4.78 is 10.3. The van der Waals surface area contributed by atoms with Crippen molar-refractivity contribution in [1.82, 2.24) is 4.98 Å². The van der Waals surface area contributed by atoms with Crippen LogP contribution in [0.15, 0.2) is 22.6 Å². The summed E-state index contributed by atoms with van der Waals surface area (Å²) in [6.45, 7) is 2.08. The Balaban J connectivity index is 2.52. The van der Waals surface area contributed by atoms with Gasteiger partial charge >= 0.3 is 5.97 Å². The van der Waals surface area contributed by atoms with Crippen molar-refractivity contribution in [2.24, 2.45) is 0 Å². The number of esters is 1. The van der Waals surface area contributed by atoms with Crippen molar-refractivity contribution in [3.63, 3.8) is 0 Å². The fourth-order valence-electron chi connectivity index (χ4n) is 1.42. The number of hydrogen-bond donors (Lipinski definition) is 0. The molecule has 0 aliphatic heterocycles. The molecule has 1 aromatic heterocycles.